The fourth-order valence-electron chi connectivity index (χ4n) is 1.95. The van der Waals surface area contributed by atoms with E-state index in [1.165, 1.54) is 7.11 Å². The minimum atomic E-state index is -0.0537. The Morgan fingerprint density at radius 1 is 1.29 bits per heavy atom. The molecule has 0 aliphatic rings. The number of carbonyl (C=O) groups excluding carboxylic acids is 1. The van der Waals surface area contributed by atoms with Crippen molar-refractivity contribution < 1.29 is 9.63 Å². The molecular formula is C15H20N4O2. The molecule has 6 nitrogen and oxygen atoms in total. The van der Waals surface area contributed by atoms with Crippen LogP contribution in [0, 0.1) is 13.8 Å². The van der Waals surface area contributed by atoms with E-state index in [4.69, 9.17) is 0 Å². The number of amides is 1. The van der Waals surface area contributed by atoms with Crippen molar-refractivity contribution in [2.75, 3.05) is 19.0 Å². The molecule has 1 amide bonds. The lowest BCUT2D eigenvalue weighted by Crippen LogP contribution is -2.20. The van der Waals surface area contributed by atoms with Crippen molar-refractivity contribution in [3.05, 3.63) is 42.0 Å². The van der Waals surface area contributed by atoms with Crippen molar-refractivity contribution >= 4 is 11.6 Å². The van der Waals surface area contributed by atoms with Crippen molar-refractivity contribution in [3.63, 3.8) is 0 Å². The van der Waals surface area contributed by atoms with Gasteiger partial charge in [0.2, 0.25) is 5.91 Å². The van der Waals surface area contributed by atoms with Gasteiger partial charge in [-0.1, -0.05) is 0 Å². The predicted molar refractivity (Wildman–Crippen MR) is 81.3 cm³/mol. The predicted octanol–water partition coefficient (Wildman–Crippen LogP) is 1.97. The van der Waals surface area contributed by atoms with E-state index in [1.54, 1.807) is 6.33 Å². The molecule has 0 unspecified atom stereocenters. The fourth-order valence-corrected chi connectivity index (χ4v) is 1.95. The van der Waals surface area contributed by atoms with Gasteiger partial charge in [0.15, 0.2) is 0 Å². The lowest BCUT2D eigenvalue weighted by molar-refractivity contribution is -0.116. The zero-order valence-electron chi connectivity index (χ0n) is 12.5. The number of nitrogens with zero attached hydrogens (tertiary/aromatic N) is 2. The summed E-state index contributed by atoms with van der Waals surface area (Å²) in [4.78, 5) is 20.6. The van der Waals surface area contributed by atoms with Gasteiger partial charge in [-0.25, -0.2) is 10.5 Å². The first kappa shape index (κ1) is 15.2. The second-order valence-electron chi connectivity index (χ2n) is 4.73. The number of carbonyl (C=O) groups is 1. The number of rotatable bonds is 6. The molecule has 1 heterocycles. The first-order valence-corrected chi connectivity index (χ1v) is 6.78. The lowest BCUT2D eigenvalue weighted by atomic mass is 10.2. The van der Waals surface area contributed by atoms with Crippen LogP contribution in [-0.4, -0.2) is 29.1 Å². The van der Waals surface area contributed by atoms with Crippen LogP contribution < -0.4 is 10.8 Å². The fraction of sp³-hybridized carbons (Fsp3) is 0.333. The van der Waals surface area contributed by atoms with Gasteiger partial charge in [-0.2, -0.15) is 0 Å². The molecule has 0 atom stereocenters. The number of hydroxylamine groups is 1. The molecule has 0 saturated carbocycles. The van der Waals surface area contributed by atoms with Gasteiger partial charge in [-0.15, -0.1) is 0 Å². The van der Waals surface area contributed by atoms with Gasteiger partial charge in [0, 0.05) is 30.0 Å². The molecule has 0 radical (unpaired) electrons. The Labute approximate surface area is 124 Å². The van der Waals surface area contributed by atoms with Crippen LogP contribution in [0.25, 0.3) is 5.69 Å². The van der Waals surface area contributed by atoms with Crippen LogP contribution in [0.3, 0.4) is 0 Å². The maximum absolute atomic E-state index is 11.7. The molecule has 21 heavy (non-hydrogen) atoms. The smallest absolute Gasteiger partial charge is 0.225 e. The van der Waals surface area contributed by atoms with E-state index in [-0.39, 0.29) is 5.91 Å². The van der Waals surface area contributed by atoms with Crippen molar-refractivity contribution in [3.8, 4) is 5.69 Å². The summed E-state index contributed by atoms with van der Waals surface area (Å²) < 4.78 is 2.02. The highest BCUT2D eigenvalue weighted by Crippen LogP contribution is 2.16. The van der Waals surface area contributed by atoms with Gasteiger partial charge in [0.25, 0.3) is 0 Å². The minimum absolute atomic E-state index is 0.0537. The van der Waals surface area contributed by atoms with Crippen molar-refractivity contribution in [2.24, 2.45) is 0 Å². The standard InChI is InChI=1S/C15H20N4O2/c1-11-12(2)19(10-16-11)14-6-4-13(5-7-14)18-15(20)8-9-17-21-3/h4-7,10,17H,8-9H2,1-3H3,(H,18,20). The quantitative estimate of drug-likeness (QED) is 0.630. The number of benzene rings is 1. The average Bonchev–Trinajstić information content (AvgIpc) is 2.80. The number of aryl methyl sites for hydroxylation is 1. The first-order chi connectivity index (χ1) is 10.1. The molecule has 0 bridgehead atoms. The van der Waals surface area contributed by atoms with Crippen LogP contribution in [0.15, 0.2) is 30.6 Å². The molecular weight excluding hydrogens is 268 g/mol. The summed E-state index contributed by atoms with van der Waals surface area (Å²) >= 11 is 0. The Bertz CT molecular complexity index is 605. The number of hydrogen-bond acceptors (Lipinski definition) is 4. The number of hydrogen-bond donors (Lipinski definition) is 2. The summed E-state index contributed by atoms with van der Waals surface area (Å²) in [7, 11) is 1.52. The highest BCUT2D eigenvalue weighted by molar-refractivity contribution is 5.90. The zero-order chi connectivity index (χ0) is 15.2. The molecule has 2 aromatic rings. The molecule has 1 aromatic heterocycles. The van der Waals surface area contributed by atoms with Gasteiger partial charge in [0.1, 0.15) is 0 Å². The molecule has 2 N–H and O–H groups in total. The summed E-state index contributed by atoms with van der Waals surface area (Å²) in [5.41, 5.74) is 6.55. The molecule has 2 rings (SSSR count). The van der Waals surface area contributed by atoms with Crippen LogP contribution in [0.4, 0.5) is 5.69 Å². The van der Waals surface area contributed by atoms with Gasteiger partial charge < -0.3 is 14.7 Å². The Balaban J connectivity index is 1.99. The van der Waals surface area contributed by atoms with E-state index in [1.807, 2.05) is 42.7 Å². The van der Waals surface area contributed by atoms with Crippen LogP contribution in [-0.2, 0) is 9.63 Å². The molecule has 1 aromatic carbocycles. The maximum Gasteiger partial charge on any atom is 0.225 e. The summed E-state index contributed by atoms with van der Waals surface area (Å²) in [5.74, 6) is -0.0537. The normalized spacial score (nSPS) is 10.6. The second kappa shape index (κ2) is 7.01. The van der Waals surface area contributed by atoms with Gasteiger partial charge in [0.05, 0.1) is 19.1 Å². The first-order valence-electron chi connectivity index (χ1n) is 6.78. The number of aromatic nitrogens is 2. The highest BCUT2D eigenvalue weighted by Gasteiger charge is 2.05. The SMILES string of the molecule is CONCCC(=O)Nc1ccc(-n2cnc(C)c2C)cc1. The topological polar surface area (TPSA) is 68.2 Å². The second-order valence-corrected chi connectivity index (χ2v) is 4.73. The molecule has 112 valence electrons. The molecule has 0 aliphatic carbocycles. The van der Waals surface area contributed by atoms with E-state index >= 15 is 0 Å². The monoisotopic (exact) mass is 288 g/mol. The molecule has 0 aliphatic heterocycles. The number of nitrogens with one attached hydrogen (secondary N) is 2. The third-order valence-electron chi connectivity index (χ3n) is 3.28. The maximum atomic E-state index is 11.7. The van der Waals surface area contributed by atoms with E-state index in [2.05, 4.69) is 20.6 Å². The number of imidazole rings is 1. The average molecular weight is 288 g/mol. The lowest BCUT2D eigenvalue weighted by Gasteiger charge is -2.08. The molecule has 6 heteroatoms. The molecule has 0 saturated heterocycles. The Kier molecular flexibility index (Phi) is 5.08. The number of anilines is 1. The van der Waals surface area contributed by atoms with E-state index in [0.29, 0.717) is 13.0 Å². The summed E-state index contributed by atoms with van der Waals surface area (Å²) in [6.45, 7) is 4.49. The Morgan fingerprint density at radius 3 is 2.57 bits per heavy atom. The third-order valence-corrected chi connectivity index (χ3v) is 3.28. The summed E-state index contributed by atoms with van der Waals surface area (Å²) in [6, 6.07) is 7.67. The van der Waals surface area contributed by atoms with Crippen LogP contribution in [0.2, 0.25) is 0 Å². The summed E-state index contributed by atoms with van der Waals surface area (Å²) in [5, 5.41) is 2.84. The largest absolute Gasteiger partial charge is 0.326 e. The van der Waals surface area contributed by atoms with Gasteiger partial charge in [-0.05, 0) is 38.1 Å². The van der Waals surface area contributed by atoms with E-state index in [9.17, 15) is 4.79 Å². The Hall–Kier alpha value is -2.18. The molecule has 0 spiro atoms. The van der Waals surface area contributed by atoms with Crippen molar-refractivity contribution in [1.29, 1.82) is 0 Å². The van der Waals surface area contributed by atoms with Crippen molar-refractivity contribution in [1.82, 2.24) is 15.0 Å². The summed E-state index contributed by atoms with van der Waals surface area (Å²) in [6.07, 6.45) is 2.16. The third kappa shape index (κ3) is 3.90. The van der Waals surface area contributed by atoms with Crippen LogP contribution in [0.5, 0.6) is 0 Å². The van der Waals surface area contributed by atoms with E-state index < -0.39 is 0 Å². The van der Waals surface area contributed by atoms with Gasteiger partial charge in [-0.3, -0.25) is 4.79 Å². The van der Waals surface area contributed by atoms with Gasteiger partial charge >= 0.3 is 0 Å². The Morgan fingerprint density at radius 2 is 2.00 bits per heavy atom. The minimum Gasteiger partial charge on any atom is -0.326 e. The van der Waals surface area contributed by atoms with Crippen molar-refractivity contribution in [2.45, 2.75) is 20.3 Å². The van der Waals surface area contributed by atoms with Crippen LogP contribution >= 0.6 is 0 Å². The molecule has 0 fully saturated rings. The zero-order valence-corrected chi connectivity index (χ0v) is 12.5. The van der Waals surface area contributed by atoms with E-state index in [0.717, 1.165) is 22.8 Å². The highest BCUT2D eigenvalue weighted by atomic mass is 16.6. The van der Waals surface area contributed by atoms with Crippen LogP contribution in [0.1, 0.15) is 17.8 Å².